The van der Waals surface area contributed by atoms with Crippen molar-refractivity contribution in [3.63, 3.8) is 0 Å². The largest absolute Gasteiger partial charge is 0.503 e. The maximum absolute atomic E-state index is 13.7. The molecule has 0 bridgehead atoms. The average molecular weight is 499 g/mol. The van der Waals surface area contributed by atoms with E-state index in [1.807, 2.05) is 0 Å². The van der Waals surface area contributed by atoms with Crippen LogP contribution in [0.15, 0.2) is 47.7 Å². The zero-order chi connectivity index (χ0) is 24.7. The molecule has 0 saturated carbocycles. The van der Waals surface area contributed by atoms with Gasteiger partial charge in [0.25, 0.3) is 5.91 Å². The van der Waals surface area contributed by atoms with Crippen molar-refractivity contribution < 1.29 is 24.2 Å². The first-order chi connectivity index (χ1) is 16.2. The van der Waals surface area contributed by atoms with Crippen LogP contribution in [0.25, 0.3) is 0 Å². The number of Topliss-reactive ketones (excluding diaryl/α,β-unsaturated/α-hetero) is 1. The Balaban J connectivity index is 1.96. The lowest BCUT2D eigenvalue weighted by molar-refractivity contribution is -0.117. The summed E-state index contributed by atoms with van der Waals surface area (Å²) in [4.78, 5) is 33.3. The Morgan fingerprint density at radius 2 is 1.82 bits per heavy atom. The van der Waals surface area contributed by atoms with Crippen LogP contribution in [0, 0.1) is 20.8 Å². The number of aliphatic hydroxyl groups excluding tert-OH is 1. The molecule has 4 rings (SSSR count). The summed E-state index contributed by atoms with van der Waals surface area (Å²) in [6, 6.07) is 9.38. The molecule has 1 N–H and O–H groups in total. The topological polar surface area (TPSA) is 89.0 Å². The minimum absolute atomic E-state index is 0.0247. The van der Waals surface area contributed by atoms with Gasteiger partial charge in [0, 0.05) is 10.7 Å². The number of benzene rings is 2. The number of methoxy groups -OCH3 is 2. The molecule has 176 valence electrons. The van der Waals surface area contributed by atoms with Crippen molar-refractivity contribution in [2.75, 3.05) is 19.1 Å². The molecular weight excluding hydrogens is 476 g/mol. The lowest BCUT2D eigenvalue weighted by atomic mass is 9.94. The summed E-state index contributed by atoms with van der Waals surface area (Å²) in [5.74, 6) is -0.813. The highest BCUT2D eigenvalue weighted by Gasteiger charge is 2.46. The summed E-state index contributed by atoms with van der Waals surface area (Å²) < 4.78 is 10.8. The highest BCUT2D eigenvalue weighted by molar-refractivity contribution is 7.14. The molecule has 0 fully saturated rings. The molecule has 1 aliphatic rings. The van der Waals surface area contributed by atoms with Crippen LogP contribution < -0.4 is 14.4 Å². The number of hydrogen-bond acceptors (Lipinski definition) is 7. The molecule has 0 aliphatic carbocycles. The summed E-state index contributed by atoms with van der Waals surface area (Å²) >= 11 is 7.58. The van der Waals surface area contributed by atoms with Crippen LogP contribution in [0.5, 0.6) is 11.5 Å². The van der Waals surface area contributed by atoms with Gasteiger partial charge in [-0.1, -0.05) is 23.7 Å². The van der Waals surface area contributed by atoms with Gasteiger partial charge in [0.2, 0.25) is 5.78 Å². The van der Waals surface area contributed by atoms with Gasteiger partial charge < -0.3 is 14.6 Å². The first kappa shape index (κ1) is 23.8. The van der Waals surface area contributed by atoms with Gasteiger partial charge in [-0.3, -0.25) is 14.5 Å². The fourth-order valence-electron chi connectivity index (χ4n) is 4.15. The van der Waals surface area contributed by atoms with E-state index >= 15 is 0 Å². The van der Waals surface area contributed by atoms with Crippen LogP contribution in [-0.2, 0) is 4.79 Å². The summed E-state index contributed by atoms with van der Waals surface area (Å²) in [7, 11) is 3.02. The number of halogens is 1. The molecular formula is C25H23ClN2O5S. The van der Waals surface area contributed by atoms with Gasteiger partial charge in [0.15, 0.2) is 17.3 Å². The van der Waals surface area contributed by atoms with Crippen LogP contribution in [-0.4, -0.2) is 36.0 Å². The second-order valence-corrected chi connectivity index (χ2v) is 9.43. The molecule has 2 heterocycles. The monoisotopic (exact) mass is 498 g/mol. The molecule has 1 aromatic heterocycles. The Labute approximate surface area is 206 Å². The van der Waals surface area contributed by atoms with Crippen molar-refractivity contribution >= 4 is 40.3 Å². The summed E-state index contributed by atoms with van der Waals surface area (Å²) in [6.07, 6.45) is 0. The van der Waals surface area contributed by atoms with Gasteiger partial charge in [-0.2, -0.15) is 0 Å². The quantitative estimate of drug-likeness (QED) is 0.450. The number of hydrogen-bond donors (Lipinski definition) is 1. The molecule has 34 heavy (non-hydrogen) atoms. The normalized spacial score (nSPS) is 15.8. The second-order valence-electron chi connectivity index (χ2n) is 7.81. The zero-order valence-electron chi connectivity index (χ0n) is 19.3. The van der Waals surface area contributed by atoms with E-state index in [1.54, 1.807) is 57.2 Å². The molecule has 1 unspecified atom stereocenters. The Morgan fingerprint density at radius 1 is 1.12 bits per heavy atom. The molecule has 0 spiro atoms. The van der Waals surface area contributed by atoms with E-state index in [-0.39, 0.29) is 5.57 Å². The van der Waals surface area contributed by atoms with Gasteiger partial charge in [0.05, 0.1) is 41.4 Å². The van der Waals surface area contributed by atoms with Crippen LogP contribution in [0.1, 0.15) is 37.5 Å². The smallest absolute Gasteiger partial charge is 0.294 e. The predicted molar refractivity (Wildman–Crippen MR) is 132 cm³/mol. The van der Waals surface area contributed by atoms with Gasteiger partial charge >= 0.3 is 0 Å². The average Bonchev–Trinajstić information content (AvgIpc) is 3.30. The highest BCUT2D eigenvalue weighted by atomic mass is 35.5. The van der Waals surface area contributed by atoms with E-state index in [2.05, 4.69) is 4.98 Å². The lowest BCUT2D eigenvalue weighted by Crippen LogP contribution is -2.31. The summed E-state index contributed by atoms with van der Waals surface area (Å²) in [5, 5.41) is 12.2. The van der Waals surface area contributed by atoms with Crippen LogP contribution in [0.3, 0.4) is 0 Å². The third kappa shape index (κ3) is 3.82. The molecule has 0 radical (unpaired) electrons. The fourth-order valence-corrected chi connectivity index (χ4v) is 5.19. The number of anilines is 1. The zero-order valence-corrected chi connectivity index (χ0v) is 20.9. The fraction of sp³-hybridized carbons (Fsp3) is 0.240. The number of nitrogens with zero attached hydrogens (tertiary/aromatic N) is 2. The molecule has 2 aromatic carbocycles. The number of ether oxygens (including phenoxy) is 2. The first-order valence-electron chi connectivity index (χ1n) is 10.4. The molecule has 1 amide bonds. The van der Waals surface area contributed by atoms with Crippen LogP contribution >= 0.6 is 22.9 Å². The van der Waals surface area contributed by atoms with Crippen molar-refractivity contribution in [1.82, 2.24) is 4.98 Å². The molecule has 1 aliphatic heterocycles. The van der Waals surface area contributed by atoms with E-state index in [0.717, 1.165) is 5.01 Å². The number of aryl methyl sites for hydroxylation is 2. The molecule has 0 saturated heterocycles. The number of carbonyl (C=O) groups is 2. The Kier molecular flexibility index (Phi) is 6.38. The molecule has 3 aromatic rings. The van der Waals surface area contributed by atoms with Crippen molar-refractivity contribution in [2.24, 2.45) is 0 Å². The number of ketones is 1. The van der Waals surface area contributed by atoms with Gasteiger partial charge in [0.1, 0.15) is 0 Å². The third-order valence-corrected chi connectivity index (χ3v) is 7.27. The third-order valence-electron chi connectivity index (χ3n) is 5.78. The first-order valence-corrected chi connectivity index (χ1v) is 11.6. The lowest BCUT2D eigenvalue weighted by Gasteiger charge is -2.29. The number of rotatable bonds is 6. The maximum Gasteiger partial charge on any atom is 0.294 e. The van der Waals surface area contributed by atoms with E-state index in [4.69, 9.17) is 21.1 Å². The Morgan fingerprint density at radius 3 is 2.44 bits per heavy atom. The molecule has 1 atom stereocenters. The SMILES string of the molecule is COc1ccc(C2C(C(=O)c3sc(C)nc3C)=C(O)C(=O)N2c2cccc(Cl)c2C)cc1OC. The molecule has 7 nitrogen and oxygen atoms in total. The number of amides is 1. The van der Waals surface area contributed by atoms with Crippen molar-refractivity contribution in [3.05, 3.63) is 79.5 Å². The predicted octanol–water partition coefficient (Wildman–Crippen LogP) is 5.52. The highest BCUT2D eigenvalue weighted by Crippen LogP contribution is 2.46. The Bertz CT molecular complexity index is 1350. The van der Waals surface area contributed by atoms with Crippen molar-refractivity contribution in [3.8, 4) is 11.5 Å². The molecule has 9 heteroatoms. The second kappa shape index (κ2) is 9.12. The van der Waals surface area contributed by atoms with Crippen LogP contribution in [0.2, 0.25) is 5.02 Å². The number of aliphatic hydroxyl groups is 1. The van der Waals surface area contributed by atoms with Crippen LogP contribution in [0.4, 0.5) is 5.69 Å². The Hall–Kier alpha value is -3.36. The van der Waals surface area contributed by atoms with Gasteiger partial charge in [-0.25, -0.2) is 4.98 Å². The van der Waals surface area contributed by atoms with Gasteiger partial charge in [-0.15, -0.1) is 11.3 Å². The minimum atomic E-state index is -0.918. The van der Waals surface area contributed by atoms with E-state index < -0.39 is 23.5 Å². The summed E-state index contributed by atoms with van der Waals surface area (Å²) in [5.41, 5.74) is 2.22. The van der Waals surface area contributed by atoms with Gasteiger partial charge in [-0.05, 0) is 56.2 Å². The number of aromatic nitrogens is 1. The van der Waals surface area contributed by atoms with E-state index in [9.17, 15) is 14.7 Å². The number of carbonyl (C=O) groups excluding carboxylic acids is 2. The standard InChI is InChI=1S/C25H23ClN2O5S/c1-12-16(26)7-6-8-17(12)28-21(15-9-10-18(32-4)19(11-15)33-5)20(23(30)25(28)31)22(29)24-13(2)27-14(3)34-24/h6-11,21,30H,1-5H3. The number of thiazole rings is 1. The van der Waals surface area contributed by atoms with E-state index in [1.165, 1.54) is 30.5 Å². The van der Waals surface area contributed by atoms with E-state index in [0.29, 0.717) is 43.9 Å². The van der Waals surface area contributed by atoms with Crippen molar-refractivity contribution in [1.29, 1.82) is 0 Å². The minimum Gasteiger partial charge on any atom is -0.503 e. The summed E-state index contributed by atoms with van der Waals surface area (Å²) in [6.45, 7) is 5.32. The maximum atomic E-state index is 13.7. The van der Waals surface area contributed by atoms with Crippen molar-refractivity contribution in [2.45, 2.75) is 26.8 Å².